The average molecular weight is 379 g/mol. The number of amides is 2. The number of nitrogens with zero attached hydrogens (tertiary/aromatic N) is 1. The molecule has 6 nitrogen and oxygen atoms in total. The minimum absolute atomic E-state index is 0.204. The van der Waals surface area contributed by atoms with E-state index < -0.39 is 17.6 Å². The lowest BCUT2D eigenvalue weighted by Gasteiger charge is -2.11. The van der Waals surface area contributed by atoms with Gasteiger partial charge in [0.15, 0.2) is 0 Å². The van der Waals surface area contributed by atoms with Gasteiger partial charge in [-0.15, -0.1) is 0 Å². The Hall–Kier alpha value is -3.74. The van der Waals surface area contributed by atoms with Crippen molar-refractivity contribution in [1.29, 1.82) is 0 Å². The number of benzene rings is 2. The summed E-state index contributed by atoms with van der Waals surface area (Å²) in [4.78, 5) is 28.9. The summed E-state index contributed by atoms with van der Waals surface area (Å²) in [6.45, 7) is 2.32. The summed E-state index contributed by atoms with van der Waals surface area (Å²) >= 11 is 0. The van der Waals surface area contributed by atoms with Gasteiger partial charge in [-0.1, -0.05) is 12.1 Å². The highest BCUT2D eigenvalue weighted by atomic mass is 19.1. The molecule has 0 spiro atoms. The van der Waals surface area contributed by atoms with Gasteiger partial charge in [-0.05, 0) is 49.4 Å². The van der Waals surface area contributed by atoms with E-state index in [1.807, 2.05) is 13.0 Å². The van der Waals surface area contributed by atoms with Crippen molar-refractivity contribution in [3.05, 3.63) is 83.9 Å². The summed E-state index contributed by atoms with van der Waals surface area (Å²) in [6.07, 6.45) is 2.72. The van der Waals surface area contributed by atoms with E-state index >= 15 is 0 Å². The van der Waals surface area contributed by atoms with Crippen LogP contribution in [0.4, 0.5) is 15.8 Å². The Kier molecular flexibility index (Phi) is 5.96. The molecule has 0 atom stereocenters. The minimum atomic E-state index is -0.455. The fourth-order valence-electron chi connectivity index (χ4n) is 2.47. The fraction of sp³-hybridized carbons (Fsp3) is 0.0952. The van der Waals surface area contributed by atoms with Crippen molar-refractivity contribution < 1.29 is 18.7 Å². The van der Waals surface area contributed by atoms with Gasteiger partial charge in [0.1, 0.15) is 11.6 Å². The number of hydrogen-bond donors (Lipinski definition) is 2. The lowest BCUT2D eigenvalue weighted by atomic mass is 10.1. The highest BCUT2D eigenvalue weighted by Crippen LogP contribution is 2.24. The Morgan fingerprint density at radius 2 is 1.61 bits per heavy atom. The molecule has 0 saturated heterocycles. The average Bonchev–Trinajstić information content (AvgIpc) is 2.71. The summed E-state index contributed by atoms with van der Waals surface area (Å²) in [6, 6.07) is 13.9. The van der Waals surface area contributed by atoms with E-state index in [1.165, 1.54) is 42.7 Å². The van der Waals surface area contributed by atoms with E-state index in [4.69, 9.17) is 4.74 Å². The van der Waals surface area contributed by atoms with E-state index in [0.717, 1.165) is 0 Å². The van der Waals surface area contributed by atoms with Crippen molar-refractivity contribution in [2.75, 3.05) is 17.2 Å². The van der Waals surface area contributed by atoms with Crippen LogP contribution in [0.1, 0.15) is 27.6 Å². The lowest BCUT2D eigenvalue weighted by molar-refractivity contribution is 0.102. The maximum Gasteiger partial charge on any atom is 0.257 e. The molecule has 28 heavy (non-hydrogen) atoms. The van der Waals surface area contributed by atoms with Crippen LogP contribution in [0.5, 0.6) is 5.75 Å². The summed E-state index contributed by atoms with van der Waals surface area (Å²) in [5.41, 5.74) is 1.38. The van der Waals surface area contributed by atoms with Gasteiger partial charge in [0.05, 0.1) is 23.4 Å². The largest absolute Gasteiger partial charge is 0.492 e. The Balaban J connectivity index is 1.74. The molecule has 0 aliphatic carbocycles. The van der Waals surface area contributed by atoms with E-state index in [1.54, 1.807) is 18.2 Å². The predicted molar refractivity (Wildman–Crippen MR) is 104 cm³/mol. The Morgan fingerprint density at radius 1 is 0.964 bits per heavy atom. The van der Waals surface area contributed by atoms with Crippen LogP contribution in [-0.4, -0.2) is 23.4 Å². The fourth-order valence-corrected chi connectivity index (χ4v) is 2.47. The van der Waals surface area contributed by atoms with E-state index in [-0.39, 0.29) is 11.1 Å². The molecule has 0 fully saturated rings. The number of pyridine rings is 1. The van der Waals surface area contributed by atoms with Crippen molar-refractivity contribution >= 4 is 23.2 Å². The number of carbonyl (C=O) groups is 2. The van der Waals surface area contributed by atoms with Gasteiger partial charge in [-0.2, -0.15) is 0 Å². The number of rotatable bonds is 6. The predicted octanol–water partition coefficient (Wildman–Crippen LogP) is 4.12. The van der Waals surface area contributed by atoms with Gasteiger partial charge in [0, 0.05) is 18.1 Å². The summed E-state index contributed by atoms with van der Waals surface area (Å²) < 4.78 is 18.5. The maximum atomic E-state index is 13.0. The molecule has 142 valence electrons. The molecule has 0 aliphatic rings. The number of carbonyl (C=O) groups excluding carboxylic acids is 2. The molecular weight excluding hydrogens is 361 g/mol. The zero-order valence-electron chi connectivity index (χ0n) is 15.1. The first kappa shape index (κ1) is 19.0. The van der Waals surface area contributed by atoms with Gasteiger partial charge in [-0.25, -0.2) is 4.39 Å². The van der Waals surface area contributed by atoms with Crippen LogP contribution in [0.25, 0.3) is 0 Å². The smallest absolute Gasteiger partial charge is 0.257 e. The second kappa shape index (κ2) is 8.77. The topological polar surface area (TPSA) is 80.3 Å². The van der Waals surface area contributed by atoms with Crippen LogP contribution in [0, 0.1) is 5.82 Å². The molecule has 3 rings (SSSR count). The van der Waals surface area contributed by atoms with Crippen LogP contribution in [0.2, 0.25) is 0 Å². The van der Waals surface area contributed by atoms with Crippen LogP contribution < -0.4 is 15.4 Å². The van der Waals surface area contributed by atoms with Crippen LogP contribution >= 0.6 is 0 Å². The summed E-state index contributed by atoms with van der Waals surface area (Å²) in [5.74, 6) is -0.721. The van der Waals surface area contributed by atoms with Gasteiger partial charge in [-0.3, -0.25) is 14.6 Å². The normalized spacial score (nSPS) is 10.2. The second-order valence-corrected chi connectivity index (χ2v) is 5.81. The van der Waals surface area contributed by atoms with Crippen molar-refractivity contribution in [3.63, 3.8) is 0 Å². The number of ether oxygens (including phenoxy) is 1. The van der Waals surface area contributed by atoms with Crippen molar-refractivity contribution in [2.45, 2.75) is 6.92 Å². The number of para-hydroxylation sites is 2. The number of aromatic nitrogens is 1. The third kappa shape index (κ3) is 4.70. The Bertz CT molecular complexity index is 990. The SMILES string of the molecule is CCOc1ccccc1NC(=O)c1cncc(C(=O)Nc2ccc(F)cc2)c1. The first-order valence-electron chi connectivity index (χ1n) is 8.62. The number of nitrogens with one attached hydrogen (secondary N) is 2. The molecule has 2 aromatic carbocycles. The summed E-state index contributed by atoms with van der Waals surface area (Å²) in [7, 11) is 0. The van der Waals surface area contributed by atoms with Gasteiger partial charge in [0.2, 0.25) is 0 Å². The quantitative estimate of drug-likeness (QED) is 0.675. The molecular formula is C21H18FN3O3. The van der Waals surface area contributed by atoms with E-state index in [9.17, 15) is 14.0 Å². The first-order valence-corrected chi connectivity index (χ1v) is 8.62. The molecule has 0 radical (unpaired) electrons. The Morgan fingerprint density at radius 3 is 2.29 bits per heavy atom. The van der Waals surface area contributed by atoms with Gasteiger partial charge >= 0.3 is 0 Å². The zero-order valence-corrected chi connectivity index (χ0v) is 15.1. The third-order valence-electron chi connectivity index (χ3n) is 3.80. The van der Waals surface area contributed by atoms with Crippen LogP contribution in [0.15, 0.2) is 67.0 Å². The first-order chi connectivity index (χ1) is 13.6. The molecule has 1 heterocycles. The molecule has 0 unspecified atom stereocenters. The molecule has 7 heteroatoms. The van der Waals surface area contributed by atoms with Crippen molar-refractivity contribution in [1.82, 2.24) is 4.98 Å². The molecule has 2 N–H and O–H groups in total. The monoisotopic (exact) mass is 379 g/mol. The molecule has 0 bridgehead atoms. The maximum absolute atomic E-state index is 13.0. The molecule has 0 saturated carbocycles. The number of anilines is 2. The number of hydrogen-bond acceptors (Lipinski definition) is 4. The standard InChI is InChI=1S/C21H18FN3O3/c1-2-28-19-6-4-3-5-18(19)25-21(27)15-11-14(12-23-13-15)20(26)24-17-9-7-16(22)8-10-17/h3-13H,2H2,1H3,(H,24,26)(H,25,27). The van der Waals surface area contributed by atoms with Crippen molar-refractivity contribution in [2.24, 2.45) is 0 Å². The van der Waals surface area contributed by atoms with Crippen LogP contribution in [-0.2, 0) is 0 Å². The highest BCUT2D eigenvalue weighted by Gasteiger charge is 2.13. The molecule has 0 aliphatic heterocycles. The minimum Gasteiger partial charge on any atom is -0.492 e. The zero-order chi connectivity index (χ0) is 19.9. The van der Waals surface area contributed by atoms with Crippen LogP contribution in [0.3, 0.4) is 0 Å². The van der Waals surface area contributed by atoms with E-state index in [2.05, 4.69) is 15.6 Å². The van der Waals surface area contributed by atoms with Gasteiger partial charge in [0.25, 0.3) is 11.8 Å². The van der Waals surface area contributed by atoms with Crippen molar-refractivity contribution in [3.8, 4) is 5.75 Å². The molecule has 1 aromatic heterocycles. The van der Waals surface area contributed by atoms with E-state index in [0.29, 0.717) is 23.7 Å². The second-order valence-electron chi connectivity index (χ2n) is 5.81. The number of halogens is 1. The highest BCUT2D eigenvalue weighted by molar-refractivity contribution is 6.08. The molecule has 2 amide bonds. The lowest BCUT2D eigenvalue weighted by Crippen LogP contribution is -2.16. The molecule has 3 aromatic rings. The summed E-state index contributed by atoms with van der Waals surface area (Å²) in [5, 5.41) is 5.39. The van der Waals surface area contributed by atoms with Gasteiger partial charge < -0.3 is 15.4 Å². The Labute approximate surface area is 161 Å². The third-order valence-corrected chi connectivity index (χ3v) is 3.80.